The van der Waals surface area contributed by atoms with Gasteiger partial charge in [-0.15, -0.1) is 0 Å². The Morgan fingerprint density at radius 3 is 1.79 bits per heavy atom. The summed E-state index contributed by atoms with van der Waals surface area (Å²) < 4.78 is 0. The van der Waals surface area contributed by atoms with Gasteiger partial charge >= 0.3 is 11.9 Å². The second-order valence-electron chi connectivity index (χ2n) is 8.98. The van der Waals surface area contributed by atoms with E-state index in [1.807, 2.05) is 0 Å². The highest BCUT2D eigenvalue weighted by Gasteiger charge is 2.31. The Labute approximate surface area is 221 Å². The Morgan fingerprint density at radius 1 is 0.711 bits per heavy atom. The van der Waals surface area contributed by atoms with Crippen LogP contribution in [-0.4, -0.2) is 77.1 Å². The van der Waals surface area contributed by atoms with Crippen LogP contribution >= 0.6 is 0 Å². The Kier molecular flexibility index (Phi) is 15.2. The number of unbranched alkanes of at least 4 members (excludes halogenated alkanes) is 2. The molecule has 0 bridgehead atoms. The molecule has 0 radical (unpaired) electrons. The van der Waals surface area contributed by atoms with Crippen LogP contribution in [0.1, 0.15) is 50.5 Å². The fraction of sp³-hybridized carbons (Fsp3) is 0.560. The van der Waals surface area contributed by atoms with Crippen LogP contribution in [0.25, 0.3) is 0 Å². The number of carbonyl (C=O) groups is 5. The van der Waals surface area contributed by atoms with Crippen LogP contribution in [-0.2, 0) is 30.4 Å². The molecule has 0 spiro atoms. The number of nitrogens with one attached hydrogen (secondary N) is 3. The summed E-state index contributed by atoms with van der Waals surface area (Å²) in [5.74, 6) is -4.97. The molecule has 1 aromatic carbocycles. The van der Waals surface area contributed by atoms with Gasteiger partial charge in [-0.05, 0) is 50.8 Å². The molecule has 13 nitrogen and oxygen atoms in total. The summed E-state index contributed by atoms with van der Waals surface area (Å²) in [5, 5.41) is 26.1. The lowest BCUT2D eigenvalue weighted by atomic mass is 10.0. The number of hydrogen-bond acceptors (Lipinski definition) is 8. The molecule has 0 aliphatic carbocycles. The molecule has 3 amide bonds. The first-order chi connectivity index (χ1) is 18.1. The van der Waals surface area contributed by atoms with Gasteiger partial charge in [-0.3, -0.25) is 19.2 Å². The predicted octanol–water partition coefficient (Wildman–Crippen LogP) is -1.17. The molecule has 11 N–H and O–H groups in total. The monoisotopic (exact) mass is 536 g/mol. The standard InChI is InChI=1S/C25H40N6O7/c26-12-6-4-10-17(28)22(34)30-20(15-21(32)33)24(36)31-19(14-16-8-2-1-3-9-16)23(35)29-18(25(37)38)11-5-7-13-27/h1-3,8-9,17-20H,4-7,10-15,26-28H2,(H,29,35)(H,30,34)(H,31,36)(H,32,33)(H,37,38). The van der Waals surface area contributed by atoms with E-state index in [1.54, 1.807) is 30.3 Å². The van der Waals surface area contributed by atoms with E-state index < -0.39 is 60.2 Å². The molecule has 0 aromatic heterocycles. The van der Waals surface area contributed by atoms with Crippen molar-refractivity contribution in [1.82, 2.24) is 16.0 Å². The quantitative estimate of drug-likeness (QED) is 0.0985. The first-order valence-electron chi connectivity index (χ1n) is 12.6. The van der Waals surface area contributed by atoms with Crippen molar-refractivity contribution in [3.63, 3.8) is 0 Å². The Balaban J connectivity index is 3.05. The maximum atomic E-state index is 13.1. The van der Waals surface area contributed by atoms with E-state index in [1.165, 1.54) is 0 Å². The molecule has 0 saturated heterocycles. The van der Waals surface area contributed by atoms with Crippen molar-refractivity contribution in [1.29, 1.82) is 0 Å². The SMILES string of the molecule is NCCCCC(N)C(=O)NC(CC(=O)O)C(=O)NC(Cc1ccccc1)C(=O)NC(CCCCN)C(=O)O. The zero-order valence-electron chi connectivity index (χ0n) is 21.4. The van der Waals surface area contributed by atoms with Crippen molar-refractivity contribution in [3.05, 3.63) is 35.9 Å². The zero-order chi connectivity index (χ0) is 28.5. The Bertz CT molecular complexity index is 915. The summed E-state index contributed by atoms with van der Waals surface area (Å²) in [6, 6.07) is 3.75. The molecule has 0 saturated carbocycles. The highest BCUT2D eigenvalue weighted by Crippen LogP contribution is 2.08. The predicted molar refractivity (Wildman–Crippen MR) is 140 cm³/mol. The van der Waals surface area contributed by atoms with Gasteiger partial charge in [0, 0.05) is 6.42 Å². The number of aliphatic carboxylic acids is 2. The molecular formula is C25H40N6O7. The molecule has 0 heterocycles. The number of carbonyl (C=O) groups excluding carboxylic acids is 3. The molecule has 4 atom stereocenters. The van der Waals surface area contributed by atoms with Crippen molar-refractivity contribution < 1.29 is 34.2 Å². The zero-order valence-corrected chi connectivity index (χ0v) is 21.4. The average molecular weight is 537 g/mol. The van der Waals surface area contributed by atoms with E-state index in [-0.39, 0.29) is 12.8 Å². The highest BCUT2D eigenvalue weighted by molar-refractivity contribution is 5.95. The lowest BCUT2D eigenvalue weighted by Crippen LogP contribution is -2.58. The Hall–Kier alpha value is -3.55. The first kappa shape index (κ1) is 32.5. The van der Waals surface area contributed by atoms with Gasteiger partial charge in [0.15, 0.2) is 0 Å². The van der Waals surface area contributed by atoms with Crippen LogP contribution in [0, 0.1) is 0 Å². The summed E-state index contributed by atoms with van der Waals surface area (Å²) in [6.45, 7) is 0.805. The number of amides is 3. The van der Waals surface area contributed by atoms with Crippen LogP contribution in [0.4, 0.5) is 0 Å². The molecule has 13 heteroatoms. The van der Waals surface area contributed by atoms with Crippen LogP contribution < -0.4 is 33.2 Å². The van der Waals surface area contributed by atoms with Gasteiger partial charge in [-0.1, -0.05) is 36.8 Å². The molecule has 1 aromatic rings. The molecule has 0 aliphatic rings. The molecule has 38 heavy (non-hydrogen) atoms. The van der Waals surface area contributed by atoms with E-state index >= 15 is 0 Å². The van der Waals surface area contributed by atoms with E-state index in [2.05, 4.69) is 16.0 Å². The van der Waals surface area contributed by atoms with Crippen molar-refractivity contribution >= 4 is 29.7 Å². The van der Waals surface area contributed by atoms with Crippen molar-refractivity contribution in [2.45, 2.75) is 75.5 Å². The number of benzene rings is 1. The van der Waals surface area contributed by atoms with Crippen molar-refractivity contribution in [2.75, 3.05) is 13.1 Å². The van der Waals surface area contributed by atoms with Gasteiger partial charge in [0.2, 0.25) is 17.7 Å². The maximum Gasteiger partial charge on any atom is 0.326 e. The average Bonchev–Trinajstić information content (AvgIpc) is 2.87. The highest BCUT2D eigenvalue weighted by atomic mass is 16.4. The van der Waals surface area contributed by atoms with Gasteiger partial charge in [0.1, 0.15) is 18.1 Å². The lowest BCUT2D eigenvalue weighted by molar-refractivity contribution is -0.143. The van der Waals surface area contributed by atoms with Gasteiger partial charge in [-0.2, -0.15) is 0 Å². The number of hydrogen-bond donors (Lipinski definition) is 8. The van der Waals surface area contributed by atoms with E-state index in [4.69, 9.17) is 17.2 Å². The molecule has 1 rings (SSSR count). The molecular weight excluding hydrogens is 496 g/mol. The van der Waals surface area contributed by atoms with E-state index in [0.29, 0.717) is 50.8 Å². The molecule has 0 fully saturated rings. The van der Waals surface area contributed by atoms with Crippen molar-refractivity contribution in [3.8, 4) is 0 Å². The van der Waals surface area contributed by atoms with Crippen molar-refractivity contribution in [2.24, 2.45) is 17.2 Å². The lowest BCUT2D eigenvalue weighted by Gasteiger charge is -2.25. The van der Waals surface area contributed by atoms with Crippen LogP contribution in [0.2, 0.25) is 0 Å². The minimum Gasteiger partial charge on any atom is -0.481 e. The summed E-state index contributed by atoms with van der Waals surface area (Å²) in [7, 11) is 0. The van der Waals surface area contributed by atoms with Gasteiger partial charge in [-0.25, -0.2) is 4.79 Å². The van der Waals surface area contributed by atoms with E-state index in [9.17, 15) is 34.2 Å². The fourth-order valence-corrected chi connectivity index (χ4v) is 3.66. The molecule has 212 valence electrons. The number of nitrogens with two attached hydrogens (primary N) is 3. The largest absolute Gasteiger partial charge is 0.481 e. The minimum absolute atomic E-state index is 0.000106. The Morgan fingerprint density at radius 2 is 1.24 bits per heavy atom. The summed E-state index contributed by atoms with van der Waals surface area (Å²) in [6.07, 6.45) is 1.98. The topological polar surface area (TPSA) is 240 Å². The fourth-order valence-electron chi connectivity index (χ4n) is 3.66. The first-order valence-corrected chi connectivity index (χ1v) is 12.6. The van der Waals surface area contributed by atoms with E-state index in [0.717, 1.165) is 0 Å². The third-order valence-electron chi connectivity index (χ3n) is 5.79. The number of carboxylic acids is 2. The van der Waals surface area contributed by atoms with Gasteiger partial charge < -0.3 is 43.4 Å². The normalized spacial score (nSPS) is 14.0. The number of carboxylic acid groups (broad SMARTS) is 2. The third kappa shape index (κ3) is 12.6. The van der Waals surface area contributed by atoms with Gasteiger partial charge in [0.25, 0.3) is 0 Å². The summed E-state index contributed by atoms with van der Waals surface area (Å²) >= 11 is 0. The van der Waals surface area contributed by atoms with Crippen LogP contribution in [0.15, 0.2) is 30.3 Å². The smallest absolute Gasteiger partial charge is 0.326 e. The second kappa shape index (κ2) is 17.8. The minimum atomic E-state index is -1.51. The molecule has 4 unspecified atom stereocenters. The maximum absolute atomic E-state index is 13.1. The third-order valence-corrected chi connectivity index (χ3v) is 5.79. The van der Waals surface area contributed by atoms with Gasteiger partial charge in [0.05, 0.1) is 12.5 Å². The van der Waals surface area contributed by atoms with Crippen LogP contribution in [0.3, 0.4) is 0 Å². The summed E-state index contributed by atoms with van der Waals surface area (Å²) in [4.78, 5) is 61.8. The molecule has 0 aliphatic heterocycles. The number of rotatable bonds is 19. The van der Waals surface area contributed by atoms with Crippen LogP contribution in [0.5, 0.6) is 0 Å². The summed E-state index contributed by atoms with van der Waals surface area (Å²) in [5.41, 5.74) is 17.4. The second-order valence-corrected chi connectivity index (χ2v) is 8.98.